The van der Waals surface area contributed by atoms with Crippen molar-refractivity contribution in [1.29, 1.82) is 0 Å². The van der Waals surface area contributed by atoms with Gasteiger partial charge in [-0.3, -0.25) is 4.79 Å². The Bertz CT molecular complexity index is 932. The third kappa shape index (κ3) is 5.04. The zero-order valence-corrected chi connectivity index (χ0v) is 19.5. The van der Waals surface area contributed by atoms with Crippen LogP contribution in [-0.2, 0) is 22.5 Å². The van der Waals surface area contributed by atoms with Crippen molar-refractivity contribution in [3.63, 3.8) is 0 Å². The standard InChI is InChI=1S/C25H34N4O3/c1-18-22-7-5-14-29(16-19-8-10-21(32-3)11-9-19)25(22)27-24(26-18)20-6-4-13-28(17-20)23(30)12-15-31-2/h8-11,20H,4-7,12-17H2,1-3H3. The van der Waals surface area contributed by atoms with Gasteiger partial charge in [0, 0.05) is 50.5 Å². The summed E-state index contributed by atoms with van der Waals surface area (Å²) in [6.07, 6.45) is 4.57. The Morgan fingerprint density at radius 1 is 1.12 bits per heavy atom. The van der Waals surface area contributed by atoms with E-state index < -0.39 is 0 Å². The van der Waals surface area contributed by atoms with E-state index in [-0.39, 0.29) is 11.8 Å². The van der Waals surface area contributed by atoms with Crippen molar-refractivity contribution >= 4 is 11.7 Å². The van der Waals surface area contributed by atoms with Gasteiger partial charge in [0.1, 0.15) is 17.4 Å². The van der Waals surface area contributed by atoms with Crippen LogP contribution in [0.5, 0.6) is 5.75 Å². The van der Waals surface area contributed by atoms with E-state index in [9.17, 15) is 4.79 Å². The van der Waals surface area contributed by atoms with E-state index in [0.29, 0.717) is 19.6 Å². The molecule has 4 rings (SSSR count). The minimum Gasteiger partial charge on any atom is -0.497 e. The van der Waals surface area contributed by atoms with Gasteiger partial charge in [-0.15, -0.1) is 0 Å². The van der Waals surface area contributed by atoms with Crippen LogP contribution in [0, 0.1) is 6.92 Å². The van der Waals surface area contributed by atoms with Gasteiger partial charge in [-0.1, -0.05) is 12.1 Å². The molecular weight excluding hydrogens is 404 g/mol. The van der Waals surface area contributed by atoms with Crippen LogP contribution >= 0.6 is 0 Å². The Hall–Kier alpha value is -2.67. The number of nitrogens with zero attached hydrogens (tertiary/aromatic N) is 4. The minimum absolute atomic E-state index is 0.160. The van der Waals surface area contributed by atoms with Crippen LogP contribution in [0.3, 0.4) is 0 Å². The topological polar surface area (TPSA) is 67.8 Å². The van der Waals surface area contributed by atoms with E-state index in [1.807, 2.05) is 17.0 Å². The molecule has 1 aromatic heterocycles. The summed E-state index contributed by atoms with van der Waals surface area (Å²) in [6.45, 7) is 5.88. The molecule has 1 saturated heterocycles. The van der Waals surface area contributed by atoms with Crippen molar-refractivity contribution in [2.75, 3.05) is 45.4 Å². The SMILES string of the molecule is COCCC(=O)N1CCCC(c2nc(C)c3c(n2)N(Cc2ccc(OC)cc2)CCC3)C1. The van der Waals surface area contributed by atoms with Gasteiger partial charge >= 0.3 is 0 Å². The Labute approximate surface area is 190 Å². The average molecular weight is 439 g/mol. The highest BCUT2D eigenvalue weighted by atomic mass is 16.5. The van der Waals surface area contributed by atoms with E-state index in [1.54, 1.807) is 14.2 Å². The van der Waals surface area contributed by atoms with Crippen molar-refractivity contribution in [1.82, 2.24) is 14.9 Å². The Kier molecular flexibility index (Phi) is 7.25. The van der Waals surface area contributed by atoms with Crippen LogP contribution in [0.25, 0.3) is 0 Å². The van der Waals surface area contributed by atoms with Crippen molar-refractivity contribution in [2.45, 2.75) is 51.5 Å². The van der Waals surface area contributed by atoms with E-state index >= 15 is 0 Å². The molecule has 1 amide bonds. The number of carbonyl (C=O) groups is 1. The fourth-order valence-electron chi connectivity index (χ4n) is 4.76. The molecule has 1 aromatic carbocycles. The van der Waals surface area contributed by atoms with Gasteiger partial charge in [0.2, 0.25) is 5.91 Å². The summed E-state index contributed by atoms with van der Waals surface area (Å²) in [5.41, 5.74) is 3.58. The first-order valence-electron chi connectivity index (χ1n) is 11.6. The molecule has 3 heterocycles. The number of amides is 1. The summed E-state index contributed by atoms with van der Waals surface area (Å²) in [4.78, 5) is 26.9. The first-order chi connectivity index (χ1) is 15.6. The van der Waals surface area contributed by atoms with Gasteiger partial charge in [0.05, 0.1) is 20.1 Å². The molecule has 0 bridgehead atoms. The second kappa shape index (κ2) is 10.3. The number of fused-ring (bicyclic) bond motifs is 1. The number of hydrogen-bond acceptors (Lipinski definition) is 6. The molecule has 7 nitrogen and oxygen atoms in total. The number of methoxy groups -OCH3 is 2. The lowest BCUT2D eigenvalue weighted by Crippen LogP contribution is -2.40. The van der Waals surface area contributed by atoms with Gasteiger partial charge in [0.15, 0.2) is 0 Å². The lowest BCUT2D eigenvalue weighted by molar-refractivity contribution is -0.133. The molecule has 0 aliphatic carbocycles. The first kappa shape index (κ1) is 22.5. The molecule has 0 saturated carbocycles. The molecule has 7 heteroatoms. The summed E-state index contributed by atoms with van der Waals surface area (Å²) in [7, 11) is 3.32. The quantitative estimate of drug-likeness (QED) is 0.659. The number of aromatic nitrogens is 2. The number of carbonyl (C=O) groups excluding carboxylic acids is 1. The summed E-state index contributed by atoms with van der Waals surface area (Å²) in [5.74, 6) is 3.16. The average Bonchev–Trinajstić information content (AvgIpc) is 2.83. The molecule has 1 fully saturated rings. The predicted molar refractivity (Wildman–Crippen MR) is 124 cm³/mol. The van der Waals surface area contributed by atoms with Gasteiger partial charge in [-0.25, -0.2) is 9.97 Å². The number of piperidine rings is 1. The number of ether oxygens (including phenoxy) is 2. The van der Waals surface area contributed by atoms with Gasteiger partial charge < -0.3 is 19.3 Å². The fourth-order valence-corrected chi connectivity index (χ4v) is 4.76. The maximum absolute atomic E-state index is 12.5. The Morgan fingerprint density at radius 2 is 1.94 bits per heavy atom. The third-order valence-electron chi connectivity index (χ3n) is 6.56. The summed E-state index contributed by atoms with van der Waals surface area (Å²) in [5, 5.41) is 0. The normalized spacial score (nSPS) is 18.4. The largest absolute Gasteiger partial charge is 0.497 e. The molecule has 172 valence electrons. The Balaban J connectivity index is 1.54. The fraction of sp³-hybridized carbons (Fsp3) is 0.560. The first-order valence-corrected chi connectivity index (χ1v) is 11.6. The van der Waals surface area contributed by atoms with Crippen LogP contribution in [0.4, 0.5) is 5.82 Å². The zero-order chi connectivity index (χ0) is 22.5. The molecular formula is C25H34N4O3. The van der Waals surface area contributed by atoms with Crippen LogP contribution in [0.1, 0.15) is 54.2 Å². The lowest BCUT2D eigenvalue weighted by Gasteiger charge is -2.34. The van der Waals surface area contributed by atoms with E-state index in [2.05, 4.69) is 24.0 Å². The van der Waals surface area contributed by atoms with Crippen molar-refractivity contribution < 1.29 is 14.3 Å². The predicted octanol–water partition coefficient (Wildman–Crippen LogP) is 3.49. The second-order valence-corrected chi connectivity index (χ2v) is 8.76. The van der Waals surface area contributed by atoms with Crippen LogP contribution < -0.4 is 9.64 Å². The molecule has 0 N–H and O–H groups in total. The third-order valence-corrected chi connectivity index (χ3v) is 6.56. The summed E-state index contributed by atoms with van der Waals surface area (Å²) >= 11 is 0. The summed E-state index contributed by atoms with van der Waals surface area (Å²) in [6, 6.07) is 8.25. The molecule has 1 unspecified atom stereocenters. The maximum Gasteiger partial charge on any atom is 0.224 e. The highest BCUT2D eigenvalue weighted by Crippen LogP contribution is 2.32. The van der Waals surface area contributed by atoms with E-state index in [4.69, 9.17) is 19.4 Å². The minimum atomic E-state index is 0.160. The number of benzene rings is 1. The molecule has 1 atom stereocenters. The molecule has 2 aromatic rings. The number of rotatable bonds is 7. The van der Waals surface area contributed by atoms with E-state index in [0.717, 1.165) is 68.4 Å². The second-order valence-electron chi connectivity index (χ2n) is 8.76. The zero-order valence-electron chi connectivity index (χ0n) is 19.5. The van der Waals surface area contributed by atoms with Crippen LogP contribution in [0.2, 0.25) is 0 Å². The number of hydrogen-bond donors (Lipinski definition) is 0. The monoisotopic (exact) mass is 438 g/mol. The molecule has 0 radical (unpaired) electrons. The molecule has 32 heavy (non-hydrogen) atoms. The van der Waals surface area contributed by atoms with Crippen molar-refractivity contribution in [3.05, 3.63) is 46.9 Å². The number of anilines is 1. The highest BCUT2D eigenvalue weighted by Gasteiger charge is 2.29. The number of likely N-dealkylation sites (tertiary alicyclic amines) is 1. The van der Waals surface area contributed by atoms with Crippen LogP contribution in [0.15, 0.2) is 24.3 Å². The van der Waals surface area contributed by atoms with Crippen molar-refractivity contribution in [2.24, 2.45) is 0 Å². The highest BCUT2D eigenvalue weighted by molar-refractivity contribution is 5.76. The summed E-state index contributed by atoms with van der Waals surface area (Å²) < 4.78 is 10.4. The smallest absolute Gasteiger partial charge is 0.224 e. The van der Waals surface area contributed by atoms with Gasteiger partial charge in [-0.05, 0) is 50.3 Å². The van der Waals surface area contributed by atoms with Crippen molar-refractivity contribution in [3.8, 4) is 5.75 Å². The maximum atomic E-state index is 12.5. The number of aryl methyl sites for hydroxylation is 1. The Morgan fingerprint density at radius 3 is 2.69 bits per heavy atom. The molecule has 0 spiro atoms. The van der Waals surface area contributed by atoms with Gasteiger partial charge in [-0.2, -0.15) is 0 Å². The molecule has 2 aliphatic heterocycles. The van der Waals surface area contributed by atoms with Gasteiger partial charge in [0.25, 0.3) is 0 Å². The van der Waals surface area contributed by atoms with Crippen LogP contribution in [-0.4, -0.2) is 61.2 Å². The lowest BCUT2D eigenvalue weighted by atomic mass is 9.95. The van der Waals surface area contributed by atoms with E-state index in [1.165, 1.54) is 11.1 Å². The molecule has 2 aliphatic rings.